The minimum Gasteiger partial charge on any atom is -0.463 e. The van der Waals surface area contributed by atoms with Crippen LogP contribution in [0, 0.1) is 0 Å². The van der Waals surface area contributed by atoms with E-state index in [-0.39, 0.29) is 64.8 Å². The highest BCUT2D eigenvalue weighted by molar-refractivity contribution is 7.87. The summed E-state index contributed by atoms with van der Waals surface area (Å²) in [5.74, 6) is -3.00. The van der Waals surface area contributed by atoms with Crippen molar-refractivity contribution >= 4 is 34.0 Å². The summed E-state index contributed by atoms with van der Waals surface area (Å²) in [4.78, 5) is 48.4. The van der Waals surface area contributed by atoms with Crippen molar-refractivity contribution in [1.29, 1.82) is 0 Å². The second kappa shape index (κ2) is 44.8. The molecule has 0 heterocycles. The van der Waals surface area contributed by atoms with Gasteiger partial charge in [0.1, 0.15) is 26.4 Å². The van der Waals surface area contributed by atoms with Crippen molar-refractivity contribution < 1.29 is 60.6 Å². The maximum atomic E-state index is 12.3. The number of hydrogen-bond acceptors (Lipinski definition) is 12. The fraction of sp³-hybridized carbons (Fsp3) is 0.833. The topological polar surface area (TPSA) is 178 Å². The van der Waals surface area contributed by atoms with Gasteiger partial charge < -0.3 is 28.4 Å². The second-order valence-corrected chi connectivity index (χ2v) is 17.5. The van der Waals surface area contributed by atoms with Crippen molar-refractivity contribution in [2.45, 2.75) is 205 Å². The lowest BCUT2D eigenvalue weighted by molar-refractivity contribution is -0.152. The van der Waals surface area contributed by atoms with Crippen LogP contribution in [0.25, 0.3) is 0 Å². The molecule has 0 aliphatic rings. The molecule has 0 aromatic heterocycles. The fourth-order valence-electron chi connectivity index (χ4n) is 6.49. The Kier molecular flexibility index (Phi) is 42.8. The van der Waals surface area contributed by atoms with Crippen molar-refractivity contribution in [2.24, 2.45) is 0 Å². The quantitative estimate of drug-likeness (QED) is 0.0201. The first-order chi connectivity index (χ1) is 30.1. The smallest absolute Gasteiger partial charge is 0.327 e. The molecule has 0 aliphatic carbocycles. The molecular weight excluding hydrogens is 817 g/mol. The maximum absolute atomic E-state index is 12.3. The van der Waals surface area contributed by atoms with Gasteiger partial charge in [-0.1, -0.05) is 141 Å². The molecule has 13 nitrogen and oxygen atoms in total. The van der Waals surface area contributed by atoms with E-state index in [1.807, 2.05) is 0 Å². The zero-order chi connectivity index (χ0) is 45.6. The van der Waals surface area contributed by atoms with Crippen LogP contribution in [0.2, 0.25) is 0 Å². The van der Waals surface area contributed by atoms with Gasteiger partial charge in [-0.05, 0) is 64.2 Å². The number of allylic oxidation sites excluding steroid dienone is 4. The van der Waals surface area contributed by atoms with Gasteiger partial charge in [0.15, 0.2) is 5.25 Å². The standard InChI is InChI=1S/C48H86O13S/c1-3-5-7-9-11-13-15-17-19-21-23-25-27-29-31-33-45(49)58-39-35-56-37-41-60-47(51)43-44(62(53,54)55)48(52)61-42-38-57-36-40-59-46(50)34-32-30-28-26-24-22-20-18-16-14-12-10-8-6-4-2/h17-20,44H,3-16,21-43H2,1-2H3,(H,53,54,55). The van der Waals surface area contributed by atoms with E-state index in [0.717, 1.165) is 77.0 Å². The molecule has 362 valence electrons. The van der Waals surface area contributed by atoms with E-state index < -0.39 is 33.7 Å². The van der Waals surface area contributed by atoms with Crippen molar-refractivity contribution in [3.8, 4) is 0 Å². The maximum Gasteiger partial charge on any atom is 0.327 e. The summed E-state index contributed by atoms with van der Waals surface area (Å²) in [5.41, 5.74) is 0. The number of hydrogen-bond donors (Lipinski definition) is 1. The van der Waals surface area contributed by atoms with Gasteiger partial charge >= 0.3 is 23.9 Å². The van der Waals surface area contributed by atoms with Crippen LogP contribution in [-0.2, 0) is 57.7 Å². The Hall–Kier alpha value is -2.81. The molecule has 0 amide bonds. The molecule has 1 unspecified atom stereocenters. The molecule has 0 aromatic carbocycles. The first kappa shape index (κ1) is 59.2. The molecule has 1 N–H and O–H groups in total. The Labute approximate surface area is 375 Å². The van der Waals surface area contributed by atoms with Crippen LogP contribution in [0.3, 0.4) is 0 Å². The van der Waals surface area contributed by atoms with E-state index in [9.17, 15) is 32.1 Å². The minimum atomic E-state index is -4.97. The number of carbonyl (C=O) groups excluding carboxylic acids is 4. The number of unbranched alkanes of at least 4 members (excludes halogenated alkanes) is 22. The van der Waals surface area contributed by atoms with Gasteiger partial charge in [-0.15, -0.1) is 0 Å². The highest BCUT2D eigenvalue weighted by Crippen LogP contribution is 2.13. The van der Waals surface area contributed by atoms with Crippen molar-refractivity contribution in [3.05, 3.63) is 24.3 Å². The monoisotopic (exact) mass is 903 g/mol. The molecule has 0 radical (unpaired) electrons. The average Bonchev–Trinajstić information content (AvgIpc) is 3.24. The van der Waals surface area contributed by atoms with Gasteiger partial charge in [0.25, 0.3) is 10.1 Å². The third-order valence-electron chi connectivity index (χ3n) is 10.2. The van der Waals surface area contributed by atoms with Crippen molar-refractivity contribution in [1.82, 2.24) is 0 Å². The van der Waals surface area contributed by atoms with E-state index in [2.05, 4.69) is 38.2 Å². The lowest BCUT2D eigenvalue weighted by atomic mass is 10.1. The predicted octanol–water partition coefficient (Wildman–Crippen LogP) is 10.9. The Bertz CT molecular complexity index is 1250. The van der Waals surface area contributed by atoms with E-state index in [0.29, 0.717) is 12.8 Å². The molecule has 0 fully saturated rings. The SMILES string of the molecule is CCCCCCCCC=CCCCCCCCC(=O)OCCOCCOC(=O)CC(C(=O)OCCOCCOC(=O)CCCCCCCC=CCCCCCCCC)S(=O)(=O)O. The summed E-state index contributed by atoms with van der Waals surface area (Å²) < 4.78 is 63.7. The molecule has 1 atom stereocenters. The number of ether oxygens (including phenoxy) is 6. The van der Waals surface area contributed by atoms with Gasteiger partial charge in [0.2, 0.25) is 0 Å². The summed E-state index contributed by atoms with van der Waals surface area (Å²) in [5, 5.41) is -2.17. The van der Waals surface area contributed by atoms with Crippen LogP contribution < -0.4 is 0 Å². The second-order valence-electron chi connectivity index (χ2n) is 15.9. The summed E-state index contributed by atoms with van der Waals surface area (Å²) in [6, 6.07) is 0. The van der Waals surface area contributed by atoms with E-state index in [1.165, 1.54) is 89.9 Å². The van der Waals surface area contributed by atoms with Crippen molar-refractivity contribution in [3.63, 3.8) is 0 Å². The molecule has 0 saturated carbocycles. The van der Waals surface area contributed by atoms with Crippen LogP contribution in [0.4, 0.5) is 0 Å². The highest BCUT2D eigenvalue weighted by Gasteiger charge is 2.35. The number of rotatable bonds is 46. The Morgan fingerprint density at radius 3 is 1.08 bits per heavy atom. The average molecular weight is 903 g/mol. The predicted molar refractivity (Wildman–Crippen MR) is 244 cm³/mol. The minimum absolute atomic E-state index is 0.0182. The van der Waals surface area contributed by atoms with Gasteiger partial charge in [-0.3, -0.25) is 23.7 Å². The fourth-order valence-corrected chi connectivity index (χ4v) is 7.14. The van der Waals surface area contributed by atoms with Crippen LogP contribution in [0.15, 0.2) is 24.3 Å². The first-order valence-electron chi connectivity index (χ1n) is 24.2. The molecule has 0 aromatic rings. The van der Waals surface area contributed by atoms with E-state index >= 15 is 0 Å². The lowest BCUT2D eigenvalue weighted by Crippen LogP contribution is -2.35. The summed E-state index contributed by atoms with van der Waals surface area (Å²) in [6.07, 6.45) is 39.6. The van der Waals surface area contributed by atoms with Gasteiger partial charge in [-0.2, -0.15) is 8.42 Å². The normalized spacial score (nSPS) is 12.2. The molecule has 0 saturated heterocycles. The third kappa shape index (κ3) is 42.5. The van der Waals surface area contributed by atoms with Crippen LogP contribution >= 0.6 is 0 Å². The van der Waals surface area contributed by atoms with E-state index in [4.69, 9.17) is 28.4 Å². The van der Waals surface area contributed by atoms with Gasteiger partial charge in [0, 0.05) is 12.8 Å². The zero-order valence-electron chi connectivity index (χ0n) is 38.8. The van der Waals surface area contributed by atoms with Crippen LogP contribution in [0.1, 0.15) is 200 Å². The summed E-state index contributed by atoms with van der Waals surface area (Å²) in [7, 11) is -4.97. The molecular formula is C48H86O13S. The van der Waals surface area contributed by atoms with Crippen LogP contribution in [-0.4, -0.2) is 95.0 Å². The molecule has 62 heavy (non-hydrogen) atoms. The first-order valence-corrected chi connectivity index (χ1v) is 25.7. The molecule has 0 rings (SSSR count). The van der Waals surface area contributed by atoms with Gasteiger partial charge in [0.05, 0.1) is 32.8 Å². The summed E-state index contributed by atoms with van der Waals surface area (Å²) in [6.45, 7) is 3.90. The number of carbonyl (C=O) groups is 4. The lowest BCUT2D eigenvalue weighted by Gasteiger charge is -2.13. The zero-order valence-corrected chi connectivity index (χ0v) is 39.6. The largest absolute Gasteiger partial charge is 0.463 e. The summed E-state index contributed by atoms with van der Waals surface area (Å²) >= 11 is 0. The van der Waals surface area contributed by atoms with E-state index in [1.54, 1.807) is 0 Å². The third-order valence-corrected chi connectivity index (χ3v) is 11.3. The Morgan fingerprint density at radius 2 is 0.726 bits per heavy atom. The number of esters is 4. The molecule has 0 aliphatic heterocycles. The molecule has 0 bridgehead atoms. The Balaban J connectivity index is 3.80. The van der Waals surface area contributed by atoms with Crippen LogP contribution in [0.5, 0.6) is 0 Å². The molecule has 14 heteroatoms. The Morgan fingerprint density at radius 1 is 0.419 bits per heavy atom. The van der Waals surface area contributed by atoms with Crippen molar-refractivity contribution in [2.75, 3.05) is 52.9 Å². The van der Waals surface area contributed by atoms with Gasteiger partial charge in [-0.25, -0.2) is 0 Å². The highest BCUT2D eigenvalue weighted by atomic mass is 32.2. The molecule has 0 spiro atoms.